The van der Waals surface area contributed by atoms with Gasteiger partial charge < -0.3 is 10.1 Å². The number of aryl methyl sites for hydroxylation is 2. The summed E-state index contributed by atoms with van der Waals surface area (Å²) in [5, 5.41) is 14.5. The van der Waals surface area contributed by atoms with E-state index in [4.69, 9.17) is 4.74 Å². The summed E-state index contributed by atoms with van der Waals surface area (Å²) in [7, 11) is 1.90. The fourth-order valence-electron chi connectivity index (χ4n) is 3.21. The molecule has 7 heteroatoms. The standard InChI is InChI=1S/C22H29N5O2/c1-5-6-13-29-18-9-7-17(8-10-18)11-12-23-22(28)20-14-19(24-25-20)21-15(2)26-27(4)16(21)3/h7-10,14H,5-6,11-13H2,1-4H3,(H,23,28)(H,24,25). The lowest BCUT2D eigenvalue weighted by molar-refractivity contribution is 0.0949. The minimum absolute atomic E-state index is 0.164. The molecule has 2 heterocycles. The molecule has 0 radical (unpaired) electrons. The second-order valence-corrected chi connectivity index (χ2v) is 7.19. The zero-order chi connectivity index (χ0) is 20.8. The van der Waals surface area contributed by atoms with Gasteiger partial charge in [-0.2, -0.15) is 10.2 Å². The van der Waals surface area contributed by atoms with Crippen LogP contribution in [0.15, 0.2) is 30.3 Å². The quantitative estimate of drug-likeness (QED) is 0.542. The van der Waals surface area contributed by atoms with Crippen LogP contribution in [0.5, 0.6) is 5.75 Å². The van der Waals surface area contributed by atoms with Crippen LogP contribution in [0.3, 0.4) is 0 Å². The molecule has 0 saturated heterocycles. The second kappa shape index (κ2) is 9.41. The smallest absolute Gasteiger partial charge is 0.269 e. The van der Waals surface area contributed by atoms with E-state index < -0.39 is 0 Å². The van der Waals surface area contributed by atoms with Gasteiger partial charge >= 0.3 is 0 Å². The molecule has 2 aromatic heterocycles. The molecule has 0 aliphatic heterocycles. The van der Waals surface area contributed by atoms with Crippen LogP contribution in [0, 0.1) is 13.8 Å². The van der Waals surface area contributed by atoms with Crippen molar-refractivity contribution in [3.05, 3.63) is 53.0 Å². The summed E-state index contributed by atoms with van der Waals surface area (Å²) in [5.41, 5.74) is 5.21. The minimum Gasteiger partial charge on any atom is -0.494 e. The Balaban J connectivity index is 1.52. The first-order valence-electron chi connectivity index (χ1n) is 10.1. The number of unbranched alkanes of at least 4 members (excludes halogenated alkanes) is 1. The lowest BCUT2D eigenvalue weighted by Gasteiger charge is -2.07. The van der Waals surface area contributed by atoms with Gasteiger partial charge in [-0.25, -0.2) is 0 Å². The average molecular weight is 396 g/mol. The van der Waals surface area contributed by atoms with Gasteiger partial charge in [0.2, 0.25) is 0 Å². The predicted molar refractivity (Wildman–Crippen MR) is 113 cm³/mol. The molecule has 0 bridgehead atoms. The number of carbonyl (C=O) groups excluding carboxylic acids is 1. The van der Waals surface area contributed by atoms with Gasteiger partial charge in [-0.3, -0.25) is 14.6 Å². The molecule has 2 N–H and O–H groups in total. The van der Waals surface area contributed by atoms with Gasteiger partial charge in [-0.05, 0) is 50.5 Å². The van der Waals surface area contributed by atoms with E-state index in [-0.39, 0.29) is 5.91 Å². The number of aromatic nitrogens is 4. The third-order valence-corrected chi connectivity index (χ3v) is 4.98. The number of rotatable bonds is 9. The number of nitrogens with zero attached hydrogens (tertiary/aromatic N) is 3. The Hall–Kier alpha value is -3.09. The molecule has 3 aromatic rings. The number of nitrogens with one attached hydrogen (secondary N) is 2. The third-order valence-electron chi connectivity index (χ3n) is 4.98. The monoisotopic (exact) mass is 395 g/mol. The van der Waals surface area contributed by atoms with E-state index >= 15 is 0 Å². The van der Waals surface area contributed by atoms with E-state index in [0.717, 1.165) is 59.8 Å². The van der Waals surface area contributed by atoms with Crippen molar-refractivity contribution in [1.82, 2.24) is 25.3 Å². The summed E-state index contributed by atoms with van der Waals surface area (Å²) in [6.45, 7) is 7.37. The molecular weight excluding hydrogens is 366 g/mol. The van der Waals surface area contributed by atoms with E-state index in [1.807, 2.05) is 49.8 Å². The first kappa shape index (κ1) is 20.6. The molecule has 0 saturated carbocycles. The summed E-state index contributed by atoms with van der Waals surface area (Å²) in [6, 6.07) is 9.80. The summed E-state index contributed by atoms with van der Waals surface area (Å²) < 4.78 is 7.49. The van der Waals surface area contributed by atoms with Crippen LogP contribution in [0.4, 0.5) is 0 Å². The average Bonchev–Trinajstić information content (AvgIpc) is 3.28. The molecule has 0 aliphatic rings. The Morgan fingerprint density at radius 1 is 1.24 bits per heavy atom. The highest BCUT2D eigenvalue weighted by Crippen LogP contribution is 2.25. The normalized spacial score (nSPS) is 10.9. The summed E-state index contributed by atoms with van der Waals surface area (Å²) >= 11 is 0. The molecule has 29 heavy (non-hydrogen) atoms. The maximum atomic E-state index is 12.4. The van der Waals surface area contributed by atoms with Gasteiger partial charge in [0, 0.05) is 24.8 Å². The zero-order valence-electron chi connectivity index (χ0n) is 17.6. The van der Waals surface area contributed by atoms with Gasteiger partial charge in [-0.15, -0.1) is 0 Å². The van der Waals surface area contributed by atoms with Gasteiger partial charge in [0.25, 0.3) is 5.91 Å². The topological polar surface area (TPSA) is 84.8 Å². The molecule has 0 atom stereocenters. The van der Waals surface area contributed by atoms with Crippen LogP contribution in [0.2, 0.25) is 0 Å². The van der Waals surface area contributed by atoms with E-state index in [0.29, 0.717) is 12.2 Å². The van der Waals surface area contributed by atoms with Crippen LogP contribution in [-0.2, 0) is 13.5 Å². The molecule has 0 fully saturated rings. The van der Waals surface area contributed by atoms with E-state index in [1.165, 1.54) is 0 Å². The summed E-state index contributed by atoms with van der Waals surface area (Å²) in [4.78, 5) is 12.4. The van der Waals surface area contributed by atoms with Crippen LogP contribution in [-0.4, -0.2) is 39.0 Å². The van der Waals surface area contributed by atoms with Gasteiger partial charge in [0.05, 0.1) is 18.0 Å². The number of carbonyl (C=O) groups is 1. The Labute approximate surface area is 171 Å². The molecule has 154 valence electrons. The SMILES string of the molecule is CCCCOc1ccc(CCNC(=O)c2cc(-c3c(C)nn(C)c3C)n[nH]2)cc1. The van der Waals surface area contributed by atoms with Crippen LogP contribution >= 0.6 is 0 Å². The fourth-order valence-corrected chi connectivity index (χ4v) is 3.21. The van der Waals surface area contributed by atoms with E-state index in [1.54, 1.807) is 6.07 Å². The number of hydrogen-bond acceptors (Lipinski definition) is 4. The first-order chi connectivity index (χ1) is 14.0. The molecule has 0 spiro atoms. The summed E-state index contributed by atoms with van der Waals surface area (Å²) in [6.07, 6.45) is 2.93. The number of amides is 1. The third kappa shape index (κ3) is 5.04. The molecule has 3 rings (SSSR count). The molecule has 7 nitrogen and oxygen atoms in total. The summed E-state index contributed by atoms with van der Waals surface area (Å²) in [5.74, 6) is 0.722. The number of ether oxygens (including phenoxy) is 1. The Kier molecular flexibility index (Phi) is 6.69. The highest BCUT2D eigenvalue weighted by molar-refractivity contribution is 5.93. The molecule has 0 aliphatic carbocycles. The van der Waals surface area contributed by atoms with Crippen molar-refractivity contribution in [3.63, 3.8) is 0 Å². The first-order valence-corrected chi connectivity index (χ1v) is 10.1. The minimum atomic E-state index is -0.164. The zero-order valence-corrected chi connectivity index (χ0v) is 17.6. The van der Waals surface area contributed by atoms with E-state index in [9.17, 15) is 4.79 Å². The molecule has 0 unspecified atom stereocenters. The Morgan fingerprint density at radius 3 is 2.66 bits per heavy atom. The Bertz CT molecular complexity index is 956. The van der Waals surface area contributed by atoms with Crippen molar-refractivity contribution >= 4 is 5.91 Å². The van der Waals surface area contributed by atoms with Crippen molar-refractivity contribution in [3.8, 4) is 17.0 Å². The van der Waals surface area contributed by atoms with Crippen molar-refractivity contribution in [2.45, 2.75) is 40.0 Å². The van der Waals surface area contributed by atoms with Gasteiger partial charge in [-0.1, -0.05) is 25.5 Å². The number of benzene rings is 1. The fraction of sp³-hybridized carbons (Fsp3) is 0.409. The highest BCUT2D eigenvalue weighted by atomic mass is 16.5. The molecular formula is C22H29N5O2. The number of aromatic amines is 1. The van der Waals surface area contributed by atoms with Crippen molar-refractivity contribution in [2.24, 2.45) is 7.05 Å². The van der Waals surface area contributed by atoms with Crippen molar-refractivity contribution in [2.75, 3.05) is 13.2 Å². The Morgan fingerprint density at radius 2 is 2.00 bits per heavy atom. The maximum absolute atomic E-state index is 12.4. The predicted octanol–water partition coefficient (Wildman–Crippen LogP) is 3.58. The largest absolute Gasteiger partial charge is 0.494 e. The molecule has 1 aromatic carbocycles. The molecule has 1 amide bonds. The van der Waals surface area contributed by atoms with Gasteiger partial charge in [0.1, 0.15) is 11.4 Å². The van der Waals surface area contributed by atoms with E-state index in [2.05, 4.69) is 27.5 Å². The van der Waals surface area contributed by atoms with Crippen LogP contribution in [0.1, 0.15) is 47.2 Å². The number of H-pyrrole nitrogens is 1. The second-order valence-electron chi connectivity index (χ2n) is 7.19. The van der Waals surface area contributed by atoms with Crippen molar-refractivity contribution in [1.29, 1.82) is 0 Å². The lowest BCUT2D eigenvalue weighted by atomic mass is 10.1. The van der Waals surface area contributed by atoms with Crippen molar-refractivity contribution < 1.29 is 9.53 Å². The maximum Gasteiger partial charge on any atom is 0.269 e. The van der Waals surface area contributed by atoms with Crippen LogP contribution < -0.4 is 10.1 Å². The number of hydrogen-bond donors (Lipinski definition) is 2. The highest BCUT2D eigenvalue weighted by Gasteiger charge is 2.17. The van der Waals surface area contributed by atoms with Gasteiger partial charge in [0.15, 0.2) is 0 Å². The lowest BCUT2D eigenvalue weighted by Crippen LogP contribution is -2.26. The van der Waals surface area contributed by atoms with Crippen LogP contribution in [0.25, 0.3) is 11.3 Å².